The summed E-state index contributed by atoms with van der Waals surface area (Å²) in [6.45, 7) is 2.96. The van der Waals surface area contributed by atoms with E-state index in [4.69, 9.17) is 5.11 Å². The zero-order valence-electron chi connectivity index (χ0n) is 7.67. The second kappa shape index (κ2) is 4.77. The largest absolute Gasteiger partial charge is 0.481 e. The van der Waals surface area contributed by atoms with Crippen LogP contribution in [0.3, 0.4) is 0 Å². The Bertz CT molecular complexity index is 237. The van der Waals surface area contributed by atoms with Gasteiger partial charge in [0.2, 0.25) is 0 Å². The maximum Gasteiger partial charge on any atom is 0.403 e. The molecule has 0 saturated carbocycles. The Hall–Kier alpha value is -0.590. The van der Waals surface area contributed by atoms with Crippen LogP contribution in [0.15, 0.2) is 0 Å². The Morgan fingerprint density at radius 3 is 2.07 bits per heavy atom. The van der Waals surface area contributed by atoms with Gasteiger partial charge in [0.05, 0.1) is 0 Å². The minimum atomic E-state index is -4.84. The maximum atomic E-state index is 12.1. The minimum absolute atomic E-state index is 0.473. The van der Waals surface area contributed by atoms with E-state index < -0.39 is 39.9 Å². The van der Waals surface area contributed by atoms with Crippen LogP contribution in [-0.2, 0) is 15.6 Å². The van der Waals surface area contributed by atoms with Crippen LogP contribution in [0.4, 0.5) is 13.2 Å². The normalized spacial score (nSPS) is 16.7. The summed E-state index contributed by atoms with van der Waals surface area (Å²) in [5, 5.41) is 7.81. The minimum Gasteiger partial charge on any atom is -0.481 e. The second-order valence-electron chi connectivity index (χ2n) is 3.03. The highest BCUT2D eigenvalue weighted by Gasteiger charge is 2.46. The molecule has 0 aliphatic rings. The van der Waals surface area contributed by atoms with Crippen molar-refractivity contribution in [3.05, 3.63) is 0 Å². The average Bonchev–Trinajstić information content (AvgIpc) is 1.96. The quantitative estimate of drug-likeness (QED) is 0.797. The number of hydrogen-bond acceptors (Lipinski definition) is 2. The lowest BCUT2D eigenvalue weighted by Crippen LogP contribution is -2.36. The van der Waals surface area contributed by atoms with E-state index in [0.717, 1.165) is 0 Å². The maximum absolute atomic E-state index is 12.1. The number of carbonyl (C=O) groups is 1. The molecule has 0 bridgehead atoms. The van der Waals surface area contributed by atoms with Crippen LogP contribution in [0.5, 0.6) is 0 Å². The van der Waals surface area contributed by atoms with Crippen molar-refractivity contribution in [2.45, 2.75) is 25.3 Å². The van der Waals surface area contributed by atoms with E-state index in [1.54, 1.807) is 0 Å². The molecule has 0 heterocycles. The van der Waals surface area contributed by atoms with E-state index in [0.29, 0.717) is 0 Å². The summed E-state index contributed by atoms with van der Waals surface area (Å²) >= 11 is 0. The predicted molar refractivity (Wildman–Crippen MR) is 45.3 cm³/mol. The van der Waals surface area contributed by atoms with Crippen molar-refractivity contribution >= 4 is 16.8 Å². The van der Waals surface area contributed by atoms with Crippen LogP contribution in [0, 0.1) is 5.92 Å². The molecule has 0 amide bonds. The number of rotatable bonds is 4. The SMILES string of the molecule is CC(C)S(=O)CC(C(=O)O)C(F)(F)F. The van der Waals surface area contributed by atoms with Gasteiger partial charge in [0.25, 0.3) is 0 Å². The Morgan fingerprint density at radius 1 is 1.43 bits per heavy atom. The molecular weight excluding hydrogens is 221 g/mol. The highest BCUT2D eigenvalue weighted by Crippen LogP contribution is 2.27. The monoisotopic (exact) mass is 232 g/mol. The van der Waals surface area contributed by atoms with Crippen LogP contribution in [0.2, 0.25) is 0 Å². The van der Waals surface area contributed by atoms with E-state index in [9.17, 15) is 22.2 Å². The first-order valence-electron chi connectivity index (χ1n) is 3.83. The van der Waals surface area contributed by atoms with Gasteiger partial charge in [-0.3, -0.25) is 9.00 Å². The molecule has 84 valence electrons. The summed E-state index contributed by atoms with van der Waals surface area (Å²) in [6, 6.07) is 0. The Kier molecular flexibility index (Phi) is 4.57. The fourth-order valence-corrected chi connectivity index (χ4v) is 1.71. The van der Waals surface area contributed by atoms with Gasteiger partial charge in [-0.25, -0.2) is 0 Å². The first-order valence-corrected chi connectivity index (χ1v) is 5.21. The first kappa shape index (κ1) is 13.4. The second-order valence-corrected chi connectivity index (χ2v) is 5.07. The number of halogens is 3. The fourth-order valence-electron chi connectivity index (χ4n) is 0.663. The van der Waals surface area contributed by atoms with E-state index in [1.807, 2.05) is 0 Å². The van der Waals surface area contributed by atoms with Crippen LogP contribution in [0.25, 0.3) is 0 Å². The highest BCUT2D eigenvalue weighted by atomic mass is 32.2. The molecule has 2 atom stereocenters. The first-order chi connectivity index (χ1) is 6.16. The third-order valence-corrected chi connectivity index (χ3v) is 3.26. The summed E-state index contributed by atoms with van der Waals surface area (Å²) in [4.78, 5) is 10.2. The summed E-state index contributed by atoms with van der Waals surface area (Å²) in [6.07, 6.45) is -4.84. The standard InChI is InChI=1S/C7H11F3O3S/c1-4(2)14(13)3-5(6(11)12)7(8,9)10/h4-5H,3H2,1-2H3,(H,11,12). The lowest BCUT2D eigenvalue weighted by molar-refractivity contribution is -0.188. The highest BCUT2D eigenvalue weighted by molar-refractivity contribution is 7.85. The predicted octanol–water partition coefficient (Wildman–Crippen LogP) is 1.41. The van der Waals surface area contributed by atoms with E-state index in [1.165, 1.54) is 13.8 Å². The molecule has 3 nitrogen and oxygen atoms in total. The zero-order chi connectivity index (χ0) is 11.5. The molecule has 0 radical (unpaired) electrons. The molecule has 0 spiro atoms. The Morgan fingerprint density at radius 2 is 1.86 bits per heavy atom. The van der Waals surface area contributed by atoms with Crippen molar-refractivity contribution in [1.29, 1.82) is 0 Å². The van der Waals surface area contributed by atoms with Crippen molar-refractivity contribution in [1.82, 2.24) is 0 Å². The Labute approximate surface area is 81.8 Å². The number of alkyl halides is 3. The third-order valence-electron chi connectivity index (χ3n) is 1.55. The van der Waals surface area contributed by atoms with Gasteiger partial charge in [0.15, 0.2) is 5.92 Å². The van der Waals surface area contributed by atoms with Gasteiger partial charge in [-0.1, -0.05) is 13.8 Å². The van der Waals surface area contributed by atoms with Gasteiger partial charge in [-0.15, -0.1) is 0 Å². The molecule has 0 saturated heterocycles. The fraction of sp³-hybridized carbons (Fsp3) is 0.857. The summed E-state index contributed by atoms with van der Waals surface area (Å²) in [5.41, 5.74) is 0. The number of hydrogen-bond donors (Lipinski definition) is 1. The number of aliphatic carboxylic acids is 1. The molecule has 0 aromatic carbocycles. The van der Waals surface area contributed by atoms with Gasteiger partial charge in [0.1, 0.15) is 0 Å². The van der Waals surface area contributed by atoms with Crippen molar-refractivity contribution < 1.29 is 27.3 Å². The summed E-state index contributed by atoms with van der Waals surface area (Å²) in [7, 11) is -1.77. The summed E-state index contributed by atoms with van der Waals surface area (Å²) in [5.74, 6) is -5.39. The molecule has 0 aromatic rings. The van der Waals surface area contributed by atoms with Crippen molar-refractivity contribution in [3.63, 3.8) is 0 Å². The topological polar surface area (TPSA) is 54.4 Å². The molecule has 0 aromatic heterocycles. The average molecular weight is 232 g/mol. The molecular formula is C7H11F3O3S. The number of carboxylic acid groups (broad SMARTS) is 1. The molecule has 2 unspecified atom stereocenters. The molecule has 1 N–H and O–H groups in total. The van der Waals surface area contributed by atoms with Crippen molar-refractivity contribution in [2.24, 2.45) is 5.92 Å². The van der Waals surface area contributed by atoms with E-state index in [-0.39, 0.29) is 0 Å². The lowest BCUT2D eigenvalue weighted by atomic mass is 10.2. The molecule has 0 aliphatic carbocycles. The van der Waals surface area contributed by atoms with Gasteiger partial charge in [0, 0.05) is 21.8 Å². The third kappa shape index (κ3) is 4.08. The molecule has 14 heavy (non-hydrogen) atoms. The summed E-state index contributed by atoms with van der Waals surface area (Å²) < 4.78 is 47.3. The zero-order valence-corrected chi connectivity index (χ0v) is 8.48. The molecule has 7 heteroatoms. The van der Waals surface area contributed by atoms with E-state index in [2.05, 4.69) is 0 Å². The van der Waals surface area contributed by atoms with Gasteiger partial charge in [-0.2, -0.15) is 13.2 Å². The molecule has 0 fully saturated rings. The van der Waals surface area contributed by atoms with E-state index >= 15 is 0 Å². The molecule has 0 aliphatic heterocycles. The van der Waals surface area contributed by atoms with Crippen LogP contribution >= 0.6 is 0 Å². The molecule has 0 rings (SSSR count). The van der Waals surface area contributed by atoms with Crippen molar-refractivity contribution in [3.8, 4) is 0 Å². The van der Waals surface area contributed by atoms with Crippen LogP contribution in [0.1, 0.15) is 13.8 Å². The van der Waals surface area contributed by atoms with Crippen LogP contribution < -0.4 is 0 Å². The van der Waals surface area contributed by atoms with Gasteiger partial charge >= 0.3 is 12.1 Å². The van der Waals surface area contributed by atoms with Gasteiger partial charge in [-0.05, 0) is 0 Å². The van der Waals surface area contributed by atoms with Crippen LogP contribution in [-0.4, -0.2) is 32.5 Å². The van der Waals surface area contributed by atoms with Gasteiger partial charge < -0.3 is 5.11 Å². The lowest BCUT2D eigenvalue weighted by Gasteiger charge is -2.16. The number of carboxylic acids is 1. The van der Waals surface area contributed by atoms with Crippen molar-refractivity contribution in [2.75, 3.05) is 5.75 Å². The smallest absolute Gasteiger partial charge is 0.403 e. The Balaban J connectivity index is 4.56.